The Bertz CT molecular complexity index is 1160. The number of hydrogen-bond donors (Lipinski definition) is 2. The number of carboxylic acid groups (broad SMARTS) is 1. The molecule has 156 valence electrons. The van der Waals surface area contributed by atoms with E-state index in [1.165, 1.54) is 17.2 Å². The maximum Gasteiger partial charge on any atom is 0.337 e. The minimum atomic E-state index is -1.04. The van der Waals surface area contributed by atoms with Gasteiger partial charge in [-0.1, -0.05) is 54.1 Å². The zero-order valence-corrected chi connectivity index (χ0v) is 17.5. The molecule has 2 N–H and O–H groups in total. The number of halogens is 1. The summed E-state index contributed by atoms with van der Waals surface area (Å²) in [6.45, 7) is 1.34. The van der Waals surface area contributed by atoms with Crippen LogP contribution in [0, 0.1) is 0 Å². The fraction of sp³-hybridized carbons (Fsp3) is 0.120. The molecule has 0 atom stereocenters. The molecule has 0 radical (unpaired) electrons. The Kier molecular flexibility index (Phi) is 6.05. The molecular formula is C25H21ClN2O3. The molecule has 0 saturated carbocycles. The number of carboxylic acids is 1. The first-order valence-electron chi connectivity index (χ1n) is 9.95. The molecule has 31 heavy (non-hydrogen) atoms. The van der Waals surface area contributed by atoms with Crippen molar-refractivity contribution >= 4 is 40.4 Å². The van der Waals surface area contributed by atoms with E-state index in [-0.39, 0.29) is 11.5 Å². The molecule has 5 nitrogen and oxygen atoms in total. The van der Waals surface area contributed by atoms with Crippen LogP contribution in [0.3, 0.4) is 0 Å². The van der Waals surface area contributed by atoms with E-state index < -0.39 is 5.97 Å². The number of hydrogen-bond acceptors (Lipinski definition) is 3. The van der Waals surface area contributed by atoms with Gasteiger partial charge in [-0.25, -0.2) is 4.79 Å². The minimum absolute atomic E-state index is 0.153. The SMILES string of the molecule is O=C(Nc1ccc(N2CC=C(c3ccccc3)CC2)c(C(=O)O)c1)c1cccc(Cl)c1. The first kappa shape index (κ1) is 20.7. The summed E-state index contributed by atoms with van der Waals surface area (Å²) in [6, 6.07) is 21.8. The fourth-order valence-corrected chi connectivity index (χ4v) is 3.89. The summed E-state index contributed by atoms with van der Waals surface area (Å²) in [4.78, 5) is 26.4. The van der Waals surface area contributed by atoms with Crippen LogP contribution in [0.25, 0.3) is 5.57 Å². The third kappa shape index (κ3) is 4.78. The molecule has 1 aliphatic rings. The van der Waals surface area contributed by atoms with Gasteiger partial charge in [-0.15, -0.1) is 0 Å². The van der Waals surface area contributed by atoms with E-state index in [4.69, 9.17) is 11.6 Å². The quantitative estimate of drug-likeness (QED) is 0.551. The first-order chi connectivity index (χ1) is 15.0. The molecule has 6 heteroatoms. The predicted octanol–water partition coefficient (Wildman–Crippen LogP) is 5.58. The van der Waals surface area contributed by atoms with Gasteiger partial charge in [0.15, 0.2) is 0 Å². The molecule has 0 fully saturated rings. The molecule has 0 spiro atoms. The Morgan fingerprint density at radius 1 is 0.968 bits per heavy atom. The monoisotopic (exact) mass is 432 g/mol. The molecule has 0 aliphatic carbocycles. The Balaban J connectivity index is 1.54. The van der Waals surface area contributed by atoms with Crippen LogP contribution in [0.5, 0.6) is 0 Å². The van der Waals surface area contributed by atoms with Crippen LogP contribution >= 0.6 is 11.6 Å². The third-order valence-electron chi connectivity index (χ3n) is 5.27. The number of nitrogens with zero attached hydrogens (tertiary/aromatic N) is 1. The lowest BCUT2D eigenvalue weighted by molar-refractivity contribution is 0.0697. The molecular weight excluding hydrogens is 412 g/mol. The van der Waals surface area contributed by atoms with E-state index in [1.807, 2.05) is 23.1 Å². The molecule has 0 bridgehead atoms. The van der Waals surface area contributed by atoms with Gasteiger partial charge in [-0.3, -0.25) is 4.79 Å². The van der Waals surface area contributed by atoms with E-state index in [0.717, 1.165) is 13.0 Å². The molecule has 1 aliphatic heterocycles. The van der Waals surface area contributed by atoms with Gasteiger partial charge in [0, 0.05) is 29.4 Å². The predicted molar refractivity (Wildman–Crippen MR) is 124 cm³/mol. The molecule has 1 amide bonds. The summed E-state index contributed by atoms with van der Waals surface area (Å²) in [7, 11) is 0. The van der Waals surface area contributed by atoms with Gasteiger partial charge >= 0.3 is 5.97 Å². The van der Waals surface area contributed by atoms with E-state index in [9.17, 15) is 14.7 Å². The molecule has 3 aromatic rings. The van der Waals surface area contributed by atoms with Crippen molar-refractivity contribution in [3.8, 4) is 0 Å². The summed E-state index contributed by atoms with van der Waals surface area (Å²) in [6.07, 6.45) is 2.97. The molecule has 0 saturated heterocycles. The van der Waals surface area contributed by atoms with E-state index in [1.54, 1.807) is 36.4 Å². The van der Waals surface area contributed by atoms with Crippen LogP contribution in [0.15, 0.2) is 78.9 Å². The molecule has 3 aromatic carbocycles. The van der Waals surface area contributed by atoms with E-state index >= 15 is 0 Å². The number of amides is 1. The van der Waals surface area contributed by atoms with Crippen LogP contribution < -0.4 is 10.2 Å². The van der Waals surface area contributed by atoms with Crippen molar-refractivity contribution in [2.45, 2.75) is 6.42 Å². The van der Waals surface area contributed by atoms with Crippen LogP contribution in [0.4, 0.5) is 11.4 Å². The highest BCUT2D eigenvalue weighted by Gasteiger charge is 2.20. The maximum absolute atomic E-state index is 12.5. The summed E-state index contributed by atoms with van der Waals surface area (Å²) in [5.41, 5.74) is 4.07. The van der Waals surface area contributed by atoms with Gasteiger partial charge in [-0.2, -0.15) is 0 Å². The van der Waals surface area contributed by atoms with Crippen molar-refractivity contribution in [3.05, 3.63) is 101 Å². The van der Waals surface area contributed by atoms with Gasteiger partial charge in [0.25, 0.3) is 5.91 Å². The van der Waals surface area contributed by atoms with E-state index in [2.05, 4.69) is 23.5 Å². The Labute approximate surface area is 185 Å². The Morgan fingerprint density at radius 2 is 1.77 bits per heavy atom. The topological polar surface area (TPSA) is 69.6 Å². The van der Waals surface area contributed by atoms with Crippen LogP contribution in [0.2, 0.25) is 5.02 Å². The number of carbonyl (C=O) groups excluding carboxylic acids is 1. The third-order valence-corrected chi connectivity index (χ3v) is 5.50. The molecule has 0 aromatic heterocycles. The van der Waals surface area contributed by atoms with Crippen LogP contribution in [-0.4, -0.2) is 30.1 Å². The number of benzene rings is 3. The highest BCUT2D eigenvalue weighted by molar-refractivity contribution is 6.31. The van der Waals surface area contributed by atoms with E-state index in [0.29, 0.717) is 28.5 Å². The lowest BCUT2D eigenvalue weighted by Gasteiger charge is -2.30. The number of rotatable bonds is 5. The molecule has 1 heterocycles. The van der Waals surface area contributed by atoms with Gasteiger partial charge in [0.1, 0.15) is 0 Å². The molecule has 4 rings (SSSR count). The summed E-state index contributed by atoms with van der Waals surface area (Å²) < 4.78 is 0. The Morgan fingerprint density at radius 3 is 2.45 bits per heavy atom. The van der Waals surface area contributed by atoms with Crippen LogP contribution in [-0.2, 0) is 0 Å². The number of carbonyl (C=O) groups is 2. The van der Waals surface area contributed by atoms with Crippen molar-refractivity contribution in [2.24, 2.45) is 0 Å². The zero-order chi connectivity index (χ0) is 21.8. The highest BCUT2D eigenvalue weighted by atomic mass is 35.5. The Hall–Kier alpha value is -3.57. The smallest absolute Gasteiger partial charge is 0.337 e. The number of nitrogens with one attached hydrogen (secondary N) is 1. The van der Waals surface area contributed by atoms with Crippen molar-refractivity contribution in [1.29, 1.82) is 0 Å². The lowest BCUT2D eigenvalue weighted by atomic mass is 9.98. The fourth-order valence-electron chi connectivity index (χ4n) is 3.70. The van der Waals surface area contributed by atoms with Gasteiger partial charge in [-0.05, 0) is 54.0 Å². The maximum atomic E-state index is 12.5. The number of anilines is 2. The van der Waals surface area contributed by atoms with Gasteiger partial charge in [0.2, 0.25) is 0 Å². The van der Waals surface area contributed by atoms with Crippen LogP contribution in [0.1, 0.15) is 32.7 Å². The highest BCUT2D eigenvalue weighted by Crippen LogP contribution is 2.30. The van der Waals surface area contributed by atoms with Crippen molar-refractivity contribution < 1.29 is 14.7 Å². The average molecular weight is 433 g/mol. The second-order valence-corrected chi connectivity index (χ2v) is 7.73. The van der Waals surface area contributed by atoms with Gasteiger partial charge in [0.05, 0.1) is 11.3 Å². The lowest BCUT2D eigenvalue weighted by Crippen LogP contribution is -2.29. The second kappa shape index (κ2) is 9.06. The largest absolute Gasteiger partial charge is 0.478 e. The second-order valence-electron chi connectivity index (χ2n) is 7.29. The zero-order valence-electron chi connectivity index (χ0n) is 16.7. The first-order valence-corrected chi connectivity index (χ1v) is 10.3. The van der Waals surface area contributed by atoms with Crippen molar-refractivity contribution in [2.75, 3.05) is 23.3 Å². The summed E-state index contributed by atoms with van der Waals surface area (Å²) in [5, 5.41) is 13.0. The summed E-state index contributed by atoms with van der Waals surface area (Å²) >= 11 is 5.95. The normalized spacial score (nSPS) is 13.5. The number of aromatic carboxylic acids is 1. The standard InChI is InChI=1S/C25H21ClN2O3/c26-20-8-4-7-19(15-20)24(29)27-21-9-10-23(22(16-21)25(30)31)28-13-11-18(12-14-28)17-5-2-1-3-6-17/h1-11,15-16H,12-14H2,(H,27,29)(H,30,31). The summed E-state index contributed by atoms with van der Waals surface area (Å²) in [5.74, 6) is -1.38. The minimum Gasteiger partial charge on any atom is -0.478 e. The van der Waals surface area contributed by atoms with Gasteiger partial charge < -0.3 is 15.3 Å². The van der Waals surface area contributed by atoms with Crippen molar-refractivity contribution in [1.82, 2.24) is 0 Å². The van der Waals surface area contributed by atoms with Crippen molar-refractivity contribution in [3.63, 3.8) is 0 Å². The average Bonchev–Trinajstić information content (AvgIpc) is 2.80. The molecule has 0 unspecified atom stereocenters.